The number of halogens is 1. The van der Waals surface area contributed by atoms with Gasteiger partial charge in [-0.15, -0.1) is 11.3 Å². The lowest BCUT2D eigenvalue weighted by molar-refractivity contribution is -0.160. The van der Waals surface area contributed by atoms with Crippen molar-refractivity contribution in [1.29, 1.82) is 0 Å². The Balaban J connectivity index is 1.88. The number of hydrogen-bond acceptors (Lipinski definition) is 5. The predicted molar refractivity (Wildman–Crippen MR) is 87.4 cm³/mol. The molecule has 0 unspecified atom stereocenters. The third-order valence-corrected chi connectivity index (χ3v) is 4.56. The molecule has 1 N–H and O–H groups in total. The molecule has 8 heteroatoms. The highest BCUT2D eigenvalue weighted by atomic mass is 35.5. The number of morpholine rings is 1. The molecule has 1 saturated heterocycles. The van der Waals surface area contributed by atoms with E-state index in [1.54, 1.807) is 42.9 Å². The molecular weight excluding hydrogens is 338 g/mol. The Hall–Kier alpha value is -1.96. The number of likely N-dealkylation sites (N-methyl/N-ethyl adjacent to an activating group) is 1. The highest BCUT2D eigenvalue weighted by Crippen LogP contribution is 2.30. The van der Waals surface area contributed by atoms with E-state index in [2.05, 4.69) is 10.3 Å². The van der Waals surface area contributed by atoms with Gasteiger partial charge in [-0.3, -0.25) is 14.9 Å². The normalized spacial score (nSPS) is 21.3. The van der Waals surface area contributed by atoms with Crippen LogP contribution in [0.4, 0.5) is 5.13 Å². The topological polar surface area (TPSA) is 71.5 Å². The van der Waals surface area contributed by atoms with Crippen LogP contribution in [0.5, 0.6) is 0 Å². The number of nitrogens with zero attached hydrogens (tertiary/aromatic N) is 2. The summed E-state index contributed by atoms with van der Waals surface area (Å²) in [6.45, 7) is -0.128. The Bertz CT molecular complexity index is 705. The number of ether oxygens (including phenoxy) is 1. The molecule has 0 bridgehead atoms. The maximum Gasteiger partial charge on any atom is 0.257 e. The third kappa shape index (κ3) is 3.36. The van der Waals surface area contributed by atoms with Crippen molar-refractivity contribution in [3.05, 3.63) is 46.4 Å². The Morgan fingerprint density at radius 1 is 1.43 bits per heavy atom. The summed E-state index contributed by atoms with van der Waals surface area (Å²) in [5.41, 5.74) is 0.782. The van der Waals surface area contributed by atoms with E-state index in [4.69, 9.17) is 16.3 Å². The molecule has 0 aliphatic carbocycles. The highest BCUT2D eigenvalue weighted by Gasteiger charge is 2.40. The SMILES string of the molecule is CN1C(=O)CO[C@@H](C(=O)Nc2nccs2)[C@@H]1c1ccc(Cl)cc1. The molecule has 2 aromatic rings. The van der Waals surface area contributed by atoms with Gasteiger partial charge in [0.25, 0.3) is 5.91 Å². The number of rotatable bonds is 3. The Morgan fingerprint density at radius 2 is 2.17 bits per heavy atom. The van der Waals surface area contributed by atoms with Crippen LogP contribution in [0.3, 0.4) is 0 Å². The number of nitrogens with one attached hydrogen (secondary N) is 1. The van der Waals surface area contributed by atoms with Crippen LogP contribution >= 0.6 is 22.9 Å². The molecule has 2 atom stereocenters. The average molecular weight is 352 g/mol. The van der Waals surface area contributed by atoms with Crippen LogP contribution in [0, 0.1) is 0 Å². The second-order valence-electron chi connectivity index (χ2n) is 5.06. The summed E-state index contributed by atoms with van der Waals surface area (Å²) >= 11 is 7.23. The van der Waals surface area contributed by atoms with E-state index in [1.165, 1.54) is 16.2 Å². The van der Waals surface area contributed by atoms with Crippen LogP contribution < -0.4 is 5.32 Å². The van der Waals surface area contributed by atoms with Crippen LogP contribution in [0.15, 0.2) is 35.8 Å². The largest absolute Gasteiger partial charge is 0.356 e. The summed E-state index contributed by atoms with van der Waals surface area (Å²) in [4.78, 5) is 30.1. The van der Waals surface area contributed by atoms with E-state index in [0.717, 1.165) is 5.56 Å². The second kappa shape index (κ2) is 6.66. The summed E-state index contributed by atoms with van der Waals surface area (Å²) in [5.74, 6) is -0.512. The summed E-state index contributed by atoms with van der Waals surface area (Å²) in [7, 11) is 1.66. The summed E-state index contributed by atoms with van der Waals surface area (Å²) in [6, 6.07) is 6.50. The first kappa shape index (κ1) is 15.9. The number of thiazole rings is 1. The summed E-state index contributed by atoms with van der Waals surface area (Å²) in [5, 5.41) is 5.56. The van der Waals surface area contributed by atoms with E-state index in [-0.39, 0.29) is 18.4 Å². The molecule has 3 rings (SSSR count). The minimum Gasteiger partial charge on any atom is -0.356 e. The molecule has 1 aliphatic heterocycles. The molecule has 6 nitrogen and oxygen atoms in total. The molecule has 1 aromatic heterocycles. The fraction of sp³-hybridized carbons (Fsp3) is 0.267. The molecule has 0 saturated carbocycles. The van der Waals surface area contributed by atoms with Gasteiger partial charge in [0, 0.05) is 23.6 Å². The fourth-order valence-corrected chi connectivity index (χ4v) is 3.11. The van der Waals surface area contributed by atoms with Crippen molar-refractivity contribution < 1.29 is 14.3 Å². The van der Waals surface area contributed by atoms with Crippen molar-refractivity contribution in [2.24, 2.45) is 0 Å². The number of carbonyl (C=O) groups is 2. The predicted octanol–water partition coefficient (Wildman–Crippen LogP) is 2.33. The Kier molecular flexibility index (Phi) is 4.61. The Morgan fingerprint density at radius 3 is 2.83 bits per heavy atom. The molecular formula is C15H14ClN3O3S. The molecule has 1 aliphatic rings. The van der Waals surface area contributed by atoms with Gasteiger partial charge in [-0.05, 0) is 17.7 Å². The lowest BCUT2D eigenvalue weighted by Gasteiger charge is -2.38. The lowest BCUT2D eigenvalue weighted by Crippen LogP contribution is -2.51. The number of aromatic nitrogens is 1. The molecule has 0 radical (unpaired) electrons. The zero-order valence-electron chi connectivity index (χ0n) is 12.2. The number of anilines is 1. The van der Waals surface area contributed by atoms with E-state index in [9.17, 15) is 9.59 Å². The van der Waals surface area contributed by atoms with Crippen molar-refractivity contribution in [2.75, 3.05) is 19.0 Å². The number of carbonyl (C=O) groups excluding carboxylic acids is 2. The summed E-state index contributed by atoms with van der Waals surface area (Å²) < 4.78 is 5.51. The van der Waals surface area contributed by atoms with Crippen LogP contribution in [0.25, 0.3) is 0 Å². The van der Waals surface area contributed by atoms with Gasteiger partial charge in [0.1, 0.15) is 6.61 Å². The van der Waals surface area contributed by atoms with Crippen molar-refractivity contribution in [1.82, 2.24) is 9.88 Å². The first-order chi connectivity index (χ1) is 11.1. The van der Waals surface area contributed by atoms with Gasteiger partial charge in [0.15, 0.2) is 11.2 Å². The molecule has 1 fully saturated rings. The lowest BCUT2D eigenvalue weighted by atomic mass is 9.98. The Labute approximate surface area is 142 Å². The minimum atomic E-state index is -0.817. The molecule has 2 amide bonds. The van der Waals surface area contributed by atoms with Gasteiger partial charge in [-0.1, -0.05) is 23.7 Å². The molecule has 0 spiro atoms. The maximum atomic E-state index is 12.5. The molecule has 23 heavy (non-hydrogen) atoms. The number of hydrogen-bond donors (Lipinski definition) is 1. The van der Waals surface area contributed by atoms with E-state index in [1.807, 2.05) is 0 Å². The smallest absolute Gasteiger partial charge is 0.257 e. The van der Waals surface area contributed by atoms with Gasteiger partial charge >= 0.3 is 0 Å². The van der Waals surface area contributed by atoms with E-state index < -0.39 is 12.1 Å². The standard InChI is InChI=1S/C15H14ClN3O3S/c1-19-11(20)8-22-13(14(21)18-15-17-6-7-23-15)12(19)9-2-4-10(16)5-3-9/h2-7,12-13H,8H2,1H3,(H,17,18,21)/t12-,13+/m0/s1. The fourth-order valence-electron chi connectivity index (χ4n) is 2.45. The highest BCUT2D eigenvalue weighted by molar-refractivity contribution is 7.13. The minimum absolute atomic E-state index is 0.128. The number of benzene rings is 1. The van der Waals surface area contributed by atoms with Crippen LogP contribution in [0.1, 0.15) is 11.6 Å². The van der Waals surface area contributed by atoms with E-state index >= 15 is 0 Å². The van der Waals surface area contributed by atoms with Crippen molar-refractivity contribution in [3.8, 4) is 0 Å². The van der Waals surface area contributed by atoms with Crippen LogP contribution in [-0.2, 0) is 14.3 Å². The third-order valence-electron chi connectivity index (χ3n) is 3.62. The summed E-state index contributed by atoms with van der Waals surface area (Å²) in [6.07, 6.45) is 0.789. The van der Waals surface area contributed by atoms with Gasteiger partial charge < -0.3 is 9.64 Å². The average Bonchev–Trinajstić information content (AvgIpc) is 3.04. The van der Waals surface area contributed by atoms with Gasteiger partial charge in [0.2, 0.25) is 5.91 Å². The van der Waals surface area contributed by atoms with Crippen LogP contribution in [-0.4, -0.2) is 41.5 Å². The molecule has 2 heterocycles. The van der Waals surface area contributed by atoms with Crippen LogP contribution in [0.2, 0.25) is 5.02 Å². The zero-order chi connectivity index (χ0) is 16.4. The van der Waals surface area contributed by atoms with Gasteiger partial charge in [0.05, 0.1) is 6.04 Å². The zero-order valence-corrected chi connectivity index (χ0v) is 13.8. The second-order valence-corrected chi connectivity index (χ2v) is 6.39. The first-order valence-corrected chi connectivity index (χ1v) is 8.15. The van der Waals surface area contributed by atoms with Crippen molar-refractivity contribution in [3.63, 3.8) is 0 Å². The molecule has 120 valence electrons. The quantitative estimate of drug-likeness (QED) is 0.921. The molecule has 1 aromatic carbocycles. The van der Waals surface area contributed by atoms with Crippen molar-refractivity contribution in [2.45, 2.75) is 12.1 Å². The maximum absolute atomic E-state index is 12.5. The van der Waals surface area contributed by atoms with Crippen molar-refractivity contribution >= 4 is 39.9 Å². The van der Waals surface area contributed by atoms with Gasteiger partial charge in [-0.2, -0.15) is 0 Å². The first-order valence-electron chi connectivity index (χ1n) is 6.89. The monoisotopic (exact) mass is 351 g/mol. The van der Waals surface area contributed by atoms with Gasteiger partial charge in [-0.25, -0.2) is 4.98 Å². The van der Waals surface area contributed by atoms with E-state index in [0.29, 0.717) is 10.2 Å². The number of amides is 2.